The van der Waals surface area contributed by atoms with Crippen molar-refractivity contribution in [3.63, 3.8) is 0 Å². The first-order chi connectivity index (χ1) is 8.11. The molecule has 1 N–H and O–H groups in total. The average Bonchev–Trinajstić information content (AvgIpc) is 2.28. The van der Waals surface area contributed by atoms with Crippen LogP contribution in [-0.4, -0.2) is 30.0 Å². The Morgan fingerprint density at radius 3 is 2.71 bits per heavy atom. The lowest BCUT2D eigenvalue weighted by Crippen LogP contribution is -2.55. The van der Waals surface area contributed by atoms with Gasteiger partial charge in [-0.1, -0.05) is 17.7 Å². The zero-order valence-corrected chi connectivity index (χ0v) is 10.6. The Balaban J connectivity index is 2.01. The van der Waals surface area contributed by atoms with Gasteiger partial charge in [0.25, 0.3) is 0 Å². The first kappa shape index (κ1) is 12.4. The molecule has 0 amide bonds. The fourth-order valence-corrected chi connectivity index (χ4v) is 2.18. The largest absolute Gasteiger partial charge is 0.487 e. The van der Waals surface area contributed by atoms with Gasteiger partial charge in [0.05, 0.1) is 6.10 Å². The molecule has 3 heteroatoms. The highest BCUT2D eigenvalue weighted by atomic mass is 16.6. The molecule has 17 heavy (non-hydrogen) atoms. The molecular weight excluding hydrogens is 216 g/mol. The van der Waals surface area contributed by atoms with E-state index in [1.54, 1.807) is 0 Å². The number of aliphatic hydroxyl groups excluding tert-OH is 1. The summed E-state index contributed by atoms with van der Waals surface area (Å²) in [5, 5.41) is 9.60. The Bertz CT molecular complexity index is 389. The molecule has 0 heterocycles. The van der Waals surface area contributed by atoms with Gasteiger partial charge in [-0.15, -0.1) is 0 Å². The maximum atomic E-state index is 9.60. The quantitative estimate of drug-likeness (QED) is 0.871. The summed E-state index contributed by atoms with van der Waals surface area (Å²) in [7, 11) is 0. The Morgan fingerprint density at radius 1 is 1.35 bits per heavy atom. The third kappa shape index (κ3) is 2.61. The SMILES string of the molecule is CCOC1C(O)CC1Oc1ccc(C)cc1C. The Morgan fingerprint density at radius 2 is 2.12 bits per heavy atom. The number of ether oxygens (including phenoxy) is 2. The number of rotatable bonds is 4. The van der Waals surface area contributed by atoms with Gasteiger partial charge in [0, 0.05) is 13.0 Å². The molecule has 0 bridgehead atoms. The molecule has 1 saturated carbocycles. The van der Waals surface area contributed by atoms with E-state index in [1.165, 1.54) is 5.56 Å². The molecular formula is C14H20O3. The summed E-state index contributed by atoms with van der Waals surface area (Å²) in [5.74, 6) is 0.886. The normalized spacial score (nSPS) is 27.6. The van der Waals surface area contributed by atoms with Gasteiger partial charge >= 0.3 is 0 Å². The Kier molecular flexibility index (Phi) is 3.69. The topological polar surface area (TPSA) is 38.7 Å². The van der Waals surface area contributed by atoms with Gasteiger partial charge in [0.2, 0.25) is 0 Å². The van der Waals surface area contributed by atoms with Crippen LogP contribution in [-0.2, 0) is 4.74 Å². The molecule has 1 aromatic carbocycles. The summed E-state index contributed by atoms with van der Waals surface area (Å²) in [6, 6.07) is 6.12. The molecule has 1 aliphatic rings. The number of benzene rings is 1. The number of hydrogen-bond donors (Lipinski definition) is 1. The first-order valence-electron chi connectivity index (χ1n) is 6.15. The lowest BCUT2D eigenvalue weighted by atomic mass is 9.88. The molecule has 0 aliphatic heterocycles. The smallest absolute Gasteiger partial charge is 0.130 e. The highest BCUT2D eigenvalue weighted by Gasteiger charge is 2.42. The van der Waals surface area contributed by atoms with Crippen molar-refractivity contribution in [3.8, 4) is 5.75 Å². The highest BCUT2D eigenvalue weighted by Crippen LogP contribution is 2.30. The molecule has 0 spiro atoms. The van der Waals surface area contributed by atoms with Gasteiger partial charge in [-0.25, -0.2) is 0 Å². The van der Waals surface area contributed by atoms with E-state index in [1.807, 2.05) is 26.0 Å². The third-order valence-corrected chi connectivity index (χ3v) is 3.19. The van der Waals surface area contributed by atoms with Crippen molar-refractivity contribution in [2.24, 2.45) is 0 Å². The Labute approximate surface area is 102 Å². The summed E-state index contributed by atoms with van der Waals surface area (Å²) in [6.45, 7) is 6.63. The summed E-state index contributed by atoms with van der Waals surface area (Å²) < 4.78 is 11.4. The second kappa shape index (κ2) is 5.07. The lowest BCUT2D eigenvalue weighted by Gasteiger charge is -2.40. The maximum Gasteiger partial charge on any atom is 0.130 e. The van der Waals surface area contributed by atoms with Crippen molar-refractivity contribution in [1.29, 1.82) is 0 Å². The molecule has 1 fully saturated rings. The molecule has 3 atom stereocenters. The van der Waals surface area contributed by atoms with Crippen molar-refractivity contribution in [2.45, 2.75) is 45.5 Å². The van der Waals surface area contributed by atoms with Gasteiger partial charge in [0.1, 0.15) is 18.0 Å². The average molecular weight is 236 g/mol. The van der Waals surface area contributed by atoms with Crippen LogP contribution >= 0.6 is 0 Å². The van der Waals surface area contributed by atoms with Gasteiger partial charge in [-0.05, 0) is 32.4 Å². The summed E-state index contributed by atoms with van der Waals surface area (Å²) in [6.07, 6.45) is 0.0654. The molecule has 3 nitrogen and oxygen atoms in total. The van der Waals surface area contributed by atoms with E-state index in [-0.39, 0.29) is 18.3 Å². The van der Waals surface area contributed by atoms with Crippen LogP contribution in [0.25, 0.3) is 0 Å². The minimum absolute atomic E-state index is 0.0219. The molecule has 3 unspecified atom stereocenters. The second-order valence-corrected chi connectivity index (χ2v) is 4.65. The van der Waals surface area contributed by atoms with Crippen LogP contribution in [0.1, 0.15) is 24.5 Å². The van der Waals surface area contributed by atoms with Crippen LogP contribution in [0, 0.1) is 13.8 Å². The molecule has 1 aromatic rings. The van der Waals surface area contributed by atoms with Crippen molar-refractivity contribution in [3.05, 3.63) is 29.3 Å². The molecule has 94 valence electrons. The first-order valence-corrected chi connectivity index (χ1v) is 6.15. The van der Waals surface area contributed by atoms with Crippen LogP contribution in [0.4, 0.5) is 0 Å². The van der Waals surface area contributed by atoms with E-state index in [9.17, 15) is 5.11 Å². The van der Waals surface area contributed by atoms with Crippen molar-refractivity contribution in [1.82, 2.24) is 0 Å². The number of aliphatic hydroxyl groups is 1. The Hall–Kier alpha value is -1.06. The van der Waals surface area contributed by atoms with Gasteiger partial charge < -0.3 is 14.6 Å². The van der Waals surface area contributed by atoms with Gasteiger partial charge in [0.15, 0.2) is 0 Å². The summed E-state index contributed by atoms with van der Waals surface area (Å²) in [4.78, 5) is 0. The molecule has 0 saturated heterocycles. The number of aryl methyl sites for hydroxylation is 2. The highest BCUT2D eigenvalue weighted by molar-refractivity contribution is 5.36. The van der Waals surface area contributed by atoms with E-state index in [0.717, 1.165) is 11.3 Å². The van der Waals surface area contributed by atoms with E-state index in [2.05, 4.69) is 13.0 Å². The predicted molar refractivity (Wildman–Crippen MR) is 66.4 cm³/mol. The minimum atomic E-state index is -0.384. The zero-order valence-electron chi connectivity index (χ0n) is 10.6. The lowest BCUT2D eigenvalue weighted by molar-refractivity contribution is -0.160. The van der Waals surface area contributed by atoms with E-state index in [0.29, 0.717) is 13.0 Å². The molecule has 1 aliphatic carbocycles. The fourth-order valence-electron chi connectivity index (χ4n) is 2.18. The van der Waals surface area contributed by atoms with Crippen molar-refractivity contribution >= 4 is 0 Å². The van der Waals surface area contributed by atoms with Crippen LogP contribution in [0.3, 0.4) is 0 Å². The molecule has 0 aromatic heterocycles. The molecule has 2 rings (SSSR count). The monoisotopic (exact) mass is 236 g/mol. The van der Waals surface area contributed by atoms with Crippen molar-refractivity contribution in [2.75, 3.05) is 6.61 Å². The molecule has 0 radical (unpaired) electrons. The fraction of sp³-hybridized carbons (Fsp3) is 0.571. The van der Waals surface area contributed by atoms with Crippen molar-refractivity contribution < 1.29 is 14.6 Å². The van der Waals surface area contributed by atoms with Crippen LogP contribution in [0.2, 0.25) is 0 Å². The third-order valence-electron chi connectivity index (χ3n) is 3.19. The minimum Gasteiger partial charge on any atom is -0.487 e. The zero-order chi connectivity index (χ0) is 12.4. The maximum absolute atomic E-state index is 9.60. The predicted octanol–water partition coefficient (Wildman–Crippen LogP) is 2.22. The number of hydrogen-bond acceptors (Lipinski definition) is 3. The van der Waals surface area contributed by atoms with E-state index < -0.39 is 0 Å². The van der Waals surface area contributed by atoms with Gasteiger partial charge in [-0.2, -0.15) is 0 Å². The summed E-state index contributed by atoms with van der Waals surface area (Å²) >= 11 is 0. The van der Waals surface area contributed by atoms with Crippen LogP contribution in [0.5, 0.6) is 5.75 Å². The van der Waals surface area contributed by atoms with Crippen LogP contribution < -0.4 is 4.74 Å². The van der Waals surface area contributed by atoms with E-state index in [4.69, 9.17) is 9.47 Å². The summed E-state index contributed by atoms with van der Waals surface area (Å²) in [5.41, 5.74) is 2.35. The standard InChI is InChI=1S/C14H20O3/c1-4-16-14-11(15)8-13(14)17-12-6-5-9(2)7-10(12)3/h5-7,11,13-15H,4,8H2,1-3H3. The van der Waals surface area contributed by atoms with Gasteiger partial charge in [-0.3, -0.25) is 0 Å². The van der Waals surface area contributed by atoms with Crippen LogP contribution in [0.15, 0.2) is 18.2 Å². The van der Waals surface area contributed by atoms with E-state index >= 15 is 0 Å². The second-order valence-electron chi connectivity index (χ2n) is 4.65.